The van der Waals surface area contributed by atoms with Crippen LogP contribution >= 0.6 is 0 Å². The van der Waals surface area contributed by atoms with Crippen LogP contribution in [0.1, 0.15) is 184 Å². The van der Waals surface area contributed by atoms with E-state index >= 15 is 0 Å². The first-order chi connectivity index (χ1) is 56.2. The van der Waals surface area contributed by atoms with Crippen LogP contribution in [0.2, 0.25) is 0 Å². The lowest BCUT2D eigenvalue weighted by Gasteiger charge is -2.18. The van der Waals surface area contributed by atoms with Crippen molar-refractivity contribution in [1.29, 1.82) is 0 Å². The van der Waals surface area contributed by atoms with E-state index in [1.54, 1.807) is 4.98 Å². The van der Waals surface area contributed by atoms with Crippen LogP contribution in [0.3, 0.4) is 0 Å². The molecular weight excluding hydrogens is 1550 g/mol. The standard InChI is InChI=1S/C35H47FN6O10.C25H29FN6O10.C14H18N4O5/c1-3-4-5-6-7-10-13-26-21-40(39-38-26)16-11-8-9-12-17-49-27-14-15-29(42(47)48)25(18-27)19-33(44)50-23-31-30(51-24(2)43)20-32(52-31)41-22-28(36)34(45)37-35(41)46;1-15(33)41-20-12-22(31-13-18(26)24(35)29-25(31)36)42-21(20)14-40-23(34)11-16-10-17(6-7-19(16)32(37)38)39-9-5-3-2-4-8-28-30-27;15-17-16-7-3-1-2-4-8-23-12-5-6-13(18(21)22)11(9-12)10-14(19)20/h14-15,18,21-22,30-32H,3-13,16-17,19-20,23H2,1-2H3,(H,37,45,46);6-7,10,13,20-22H,2-5,8-9,11-12,14H2,1H3,(H,29,35,36);5-6,9H,1-4,7-8,10H2,(H,19,20)/t30-,31+,32+;20-,21+,22+;/m00./s1. The first-order valence-electron chi connectivity index (χ1n) is 38.0. The number of nitro groups is 3. The van der Waals surface area contributed by atoms with Gasteiger partial charge < -0.3 is 47.7 Å². The molecule has 3 N–H and O–H groups in total. The van der Waals surface area contributed by atoms with E-state index in [2.05, 4.69) is 37.3 Å². The molecule has 43 heteroatoms. The molecule has 3 aromatic heterocycles. The normalized spacial score (nSPS) is 15.8. The van der Waals surface area contributed by atoms with E-state index in [0.29, 0.717) is 69.0 Å². The number of ether oxygens (including phenoxy) is 9. The van der Waals surface area contributed by atoms with Gasteiger partial charge in [0.25, 0.3) is 28.2 Å². The van der Waals surface area contributed by atoms with Gasteiger partial charge in [0.05, 0.1) is 71.9 Å². The highest BCUT2D eigenvalue weighted by atomic mass is 19.1. The van der Waals surface area contributed by atoms with Crippen molar-refractivity contribution in [3.8, 4) is 17.2 Å². The van der Waals surface area contributed by atoms with Crippen LogP contribution < -0.4 is 36.7 Å². The number of carboxylic acid groups (broad SMARTS) is 1. The Kier molecular flexibility index (Phi) is 39.9. The number of nitro benzene ring substituents is 3. The Labute approximate surface area is 665 Å². The first kappa shape index (κ1) is 93.4. The van der Waals surface area contributed by atoms with Crippen LogP contribution in [0.15, 0.2) is 103 Å². The number of aliphatic carboxylic acids is 1. The second kappa shape index (κ2) is 50.0. The molecule has 2 aliphatic heterocycles. The van der Waals surface area contributed by atoms with Gasteiger partial charge in [0.15, 0.2) is 0 Å². The van der Waals surface area contributed by atoms with Crippen molar-refractivity contribution in [2.24, 2.45) is 10.2 Å². The number of aromatic nitrogens is 7. The maximum absolute atomic E-state index is 13.9. The lowest BCUT2D eigenvalue weighted by atomic mass is 10.1. The SMILES string of the molecule is CC(=O)O[C@H]1C[C@H](n2cc(F)c(=O)[nH]c2=O)O[C@@H]1COC(=O)Cc1cc(OCCCCCCN=[N+]=[N-])ccc1[N+](=O)[O-].CCCCCCCCc1cn(CCCCCCOc2ccc([N+](=O)[O-])c(CC(=O)OC[C@H]3O[C@@H](n4cc(F)c(=O)[nH]c4=O)C[C@@H]3OC(C)=O)c2)nn1.[N-]=[N+]=NCCCCCCOc1ccc([N+](=O)[O-])c(CC(=O)O)c1. The molecule has 117 heavy (non-hydrogen) atoms. The maximum Gasteiger partial charge on any atom is 0.330 e. The zero-order valence-electron chi connectivity index (χ0n) is 64.8. The number of H-pyrrole nitrogens is 2. The zero-order valence-corrected chi connectivity index (χ0v) is 64.8. The molecule has 0 aliphatic carbocycles. The number of carboxylic acids is 1. The third kappa shape index (κ3) is 33.1. The molecule has 41 nitrogen and oxygen atoms in total. The molecule has 5 heterocycles. The minimum atomic E-state index is -1.23. The molecule has 0 radical (unpaired) electrons. The molecule has 0 bridgehead atoms. The van der Waals surface area contributed by atoms with Crippen molar-refractivity contribution in [2.75, 3.05) is 46.1 Å². The monoisotopic (exact) mass is 1640 g/mol. The van der Waals surface area contributed by atoms with Crippen LogP contribution in [0.25, 0.3) is 20.9 Å². The predicted octanol–water partition coefficient (Wildman–Crippen LogP) is 11.0. The quantitative estimate of drug-likeness (QED) is 0.00467. The Morgan fingerprint density at radius 1 is 0.564 bits per heavy atom. The molecule has 634 valence electrons. The van der Waals surface area contributed by atoms with Crippen molar-refractivity contribution in [1.82, 2.24) is 34.1 Å². The van der Waals surface area contributed by atoms with E-state index in [9.17, 15) is 82.3 Å². The highest BCUT2D eigenvalue weighted by Crippen LogP contribution is 2.34. The fraction of sp³-hybridized carbons (Fsp3) is 0.554. The Morgan fingerprint density at radius 2 is 0.949 bits per heavy atom. The van der Waals surface area contributed by atoms with Crippen LogP contribution in [0, 0.1) is 42.0 Å². The number of benzene rings is 3. The summed E-state index contributed by atoms with van der Waals surface area (Å²) in [5, 5.41) is 58.3. The third-order valence-electron chi connectivity index (χ3n) is 17.9. The largest absolute Gasteiger partial charge is 0.494 e. The van der Waals surface area contributed by atoms with Crippen LogP contribution in [0.5, 0.6) is 17.2 Å². The van der Waals surface area contributed by atoms with Gasteiger partial charge in [-0.2, -0.15) is 8.78 Å². The second-order valence-corrected chi connectivity index (χ2v) is 26.9. The van der Waals surface area contributed by atoms with Crippen LogP contribution in [-0.4, -0.2) is 154 Å². The molecule has 2 aliphatic rings. The number of unbranched alkanes of at least 4 members (excludes halogenated alkanes) is 14. The summed E-state index contributed by atoms with van der Waals surface area (Å²) in [5.41, 5.74) is 12.5. The zero-order chi connectivity index (χ0) is 85.2. The number of rotatable bonds is 48. The molecule has 2 saturated heterocycles. The van der Waals surface area contributed by atoms with E-state index in [0.717, 1.165) is 119 Å². The van der Waals surface area contributed by atoms with Crippen molar-refractivity contribution >= 4 is 46.9 Å². The molecule has 0 spiro atoms. The summed E-state index contributed by atoms with van der Waals surface area (Å²) in [5.74, 6) is -5.50. The third-order valence-corrected chi connectivity index (χ3v) is 17.9. The number of azide groups is 2. The van der Waals surface area contributed by atoms with Crippen LogP contribution in [-0.2, 0) is 84.6 Å². The van der Waals surface area contributed by atoms with Crippen molar-refractivity contribution < 1.29 is 95.3 Å². The molecule has 8 rings (SSSR count). The van der Waals surface area contributed by atoms with Gasteiger partial charge in [-0.05, 0) is 105 Å². The van der Waals surface area contributed by atoms with Gasteiger partial charge in [-0.3, -0.25) is 87.7 Å². The number of hydrogen-bond acceptors (Lipinski definition) is 28. The Balaban J connectivity index is 0.000000292. The van der Waals surface area contributed by atoms with Crippen LogP contribution in [0.4, 0.5) is 25.8 Å². The number of carbonyl (C=O) groups is 5. The lowest BCUT2D eigenvalue weighted by Crippen LogP contribution is -2.34. The summed E-state index contributed by atoms with van der Waals surface area (Å²) in [6.07, 6.45) is 14.1. The Bertz CT molecular complexity index is 4680. The number of hydrogen-bond donors (Lipinski definition) is 3. The van der Waals surface area contributed by atoms with E-state index in [4.69, 9.17) is 58.8 Å². The number of aromatic amines is 2. The van der Waals surface area contributed by atoms with Crippen molar-refractivity contribution in [3.63, 3.8) is 0 Å². The minimum absolute atomic E-state index is 0.0499. The predicted molar refractivity (Wildman–Crippen MR) is 408 cm³/mol. The molecule has 0 saturated carbocycles. The molecule has 2 fully saturated rings. The molecule has 6 atom stereocenters. The van der Waals surface area contributed by atoms with E-state index in [1.165, 1.54) is 86.7 Å². The summed E-state index contributed by atoms with van der Waals surface area (Å²) < 4.78 is 80.5. The maximum atomic E-state index is 13.9. The fourth-order valence-electron chi connectivity index (χ4n) is 12.2. The molecule has 0 amide bonds. The van der Waals surface area contributed by atoms with Gasteiger partial charge in [0.2, 0.25) is 11.6 Å². The summed E-state index contributed by atoms with van der Waals surface area (Å²) in [6.45, 7) is 6.48. The van der Waals surface area contributed by atoms with E-state index in [-0.39, 0.29) is 46.6 Å². The number of nitrogens with one attached hydrogen (secondary N) is 2. The fourth-order valence-corrected chi connectivity index (χ4v) is 12.2. The van der Waals surface area contributed by atoms with E-state index < -0.39 is 148 Å². The van der Waals surface area contributed by atoms with Gasteiger partial charge in [-0.25, -0.2) is 9.59 Å². The molecule has 6 aromatic rings. The second-order valence-electron chi connectivity index (χ2n) is 26.9. The Morgan fingerprint density at radius 3 is 1.34 bits per heavy atom. The summed E-state index contributed by atoms with van der Waals surface area (Å²) in [7, 11) is 0. The first-order valence-corrected chi connectivity index (χ1v) is 38.0. The van der Waals surface area contributed by atoms with Gasteiger partial charge in [-0.1, -0.05) is 86.6 Å². The van der Waals surface area contributed by atoms with Crippen molar-refractivity contribution in [2.45, 2.75) is 218 Å². The number of aryl methyl sites for hydroxylation is 2. The van der Waals surface area contributed by atoms with Gasteiger partial charge in [0.1, 0.15) is 67.3 Å². The van der Waals surface area contributed by atoms with Gasteiger partial charge >= 0.3 is 41.2 Å². The molecular formula is C74H94F2N16O25. The average molecular weight is 1650 g/mol. The number of carbonyl (C=O) groups excluding carboxylic acids is 4. The Hall–Kier alpha value is -12.5. The summed E-state index contributed by atoms with van der Waals surface area (Å²) >= 11 is 0. The number of nitrogens with zero attached hydrogens (tertiary/aromatic N) is 14. The average Bonchev–Trinajstić information content (AvgIpc) is 1.69. The van der Waals surface area contributed by atoms with E-state index in [1.807, 2.05) is 15.9 Å². The van der Waals surface area contributed by atoms with Gasteiger partial charge in [0, 0.05) is 97.2 Å². The smallest absolute Gasteiger partial charge is 0.330 e. The molecule has 0 unspecified atom stereocenters. The minimum Gasteiger partial charge on any atom is -0.494 e. The highest BCUT2D eigenvalue weighted by molar-refractivity contribution is 5.75. The summed E-state index contributed by atoms with van der Waals surface area (Å²) in [6, 6.07) is 12.3. The molecule has 3 aromatic carbocycles. The highest BCUT2D eigenvalue weighted by Gasteiger charge is 2.42. The van der Waals surface area contributed by atoms with Crippen molar-refractivity contribution in [3.05, 3.63) is 200 Å². The topological polar surface area (TPSA) is 556 Å². The van der Waals surface area contributed by atoms with Gasteiger partial charge in [-0.15, -0.1) is 5.10 Å². The number of halogens is 2. The summed E-state index contributed by atoms with van der Waals surface area (Å²) in [4.78, 5) is 148. The number of esters is 4. The lowest BCUT2D eigenvalue weighted by molar-refractivity contribution is -0.385.